The fourth-order valence-electron chi connectivity index (χ4n) is 3.43. The Kier molecular flexibility index (Phi) is 3.64. The Hall–Kier alpha value is -1.23. The first-order valence-corrected chi connectivity index (χ1v) is 7.36. The third-order valence-corrected chi connectivity index (χ3v) is 4.39. The molecule has 2 fully saturated rings. The van der Waals surface area contributed by atoms with Crippen LogP contribution < -0.4 is 0 Å². The minimum atomic E-state index is 0.250. The van der Waals surface area contributed by atoms with Crippen molar-refractivity contribution in [2.75, 3.05) is 6.54 Å². The number of Topliss-reactive ketones (excluding diaryl/α,β-unsaturated/α-hetero) is 1. The maximum atomic E-state index is 11.9. The highest BCUT2D eigenvalue weighted by molar-refractivity contribution is 5.83. The molecule has 2 heterocycles. The van der Waals surface area contributed by atoms with E-state index >= 15 is 0 Å². The summed E-state index contributed by atoms with van der Waals surface area (Å²) in [7, 11) is 0. The van der Waals surface area contributed by atoms with Gasteiger partial charge in [0.25, 0.3) is 0 Å². The van der Waals surface area contributed by atoms with E-state index in [0.29, 0.717) is 17.7 Å². The fourth-order valence-corrected chi connectivity index (χ4v) is 3.43. The lowest BCUT2D eigenvalue weighted by Crippen LogP contribution is -2.37. The highest BCUT2D eigenvalue weighted by Gasteiger charge is 2.38. The molecule has 0 aromatic carbocycles. The largest absolute Gasteiger partial charge is 0.339 e. The van der Waals surface area contributed by atoms with Gasteiger partial charge in [-0.15, -0.1) is 0 Å². The highest BCUT2D eigenvalue weighted by atomic mass is 16.5. The van der Waals surface area contributed by atoms with Crippen LogP contribution in [0.3, 0.4) is 0 Å². The van der Waals surface area contributed by atoms with Gasteiger partial charge in [-0.25, -0.2) is 0 Å². The maximum Gasteiger partial charge on any atom is 0.226 e. The van der Waals surface area contributed by atoms with E-state index in [1.807, 2.05) is 6.92 Å². The highest BCUT2D eigenvalue weighted by Crippen LogP contribution is 2.33. The smallest absolute Gasteiger partial charge is 0.226 e. The monoisotopic (exact) mass is 263 g/mol. The van der Waals surface area contributed by atoms with E-state index in [4.69, 9.17) is 4.52 Å². The van der Waals surface area contributed by atoms with Crippen LogP contribution in [0, 0.1) is 5.92 Å². The summed E-state index contributed by atoms with van der Waals surface area (Å²) < 4.78 is 5.15. The lowest BCUT2D eigenvalue weighted by Gasteiger charge is -2.27. The van der Waals surface area contributed by atoms with Crippen LogP contribution in [0.1, 0.15) is 50.7 Å². The van der Waals surface area contributed by atoms with Gasteiger partial charge in [-0.1, -0.05) is 12.1 Å². The molecule has 1 aliphatic carbocycles. The second kappa shape index (κ2) is 5.41. The van der Waals surface area contributed by atoms with Crippen molar-refractivity contribution in [3.8, 4) is 0 Å². The van der Waals surface area contributed by atoms with Crippen molar-refractivity contribution in [1.29, 1.82) is 0 Å². The van der Waals surface area contributed by atoms with Gasteiger partial charge in [-0.2, -0.15) is 4.98 Å². The molecule has 5 nitrogen and oxygen atoms in total. The molecular weight excluding hydrogens is 242 g/mol. The lowest BCUT2D eigenvalue weighted by molar-refractivity contribution is -0.122. The summed E-state index contributed by atoms with van der Waals surface area (Å²) in [4.78, 5) is 18.7. The fraction of sp³-hybridized carbons (Fsp3) is 0.786. The summed E-state index contributed by atoms with van der Waals surface area (Å²) in [6.07, 6.45) is 5.99. The van der Waals surface area contributed by atoms with E-state index in [-0.39, 0.29) is 5.92 Å². The second-order valence-corrected chi connectivity index (χ2v) is 5.60. The number of carbonyl (C=O) groups excluding carboxylic acids is 1. The summed E-state index contributed by atoms with van der Waals surface area (Å²) in [6.45, 7) is 3.77. The lowest BCUT2D eigenvalue weighted by atomic mass is 9.95. The standard InChI is InChI=1S/C14H21N3O2/c1-2-14-15-13(16-19-14)9-17-8-4-6-11(17)10-5-3-7-12(10)18/h10-11H,2-9H2,1H3. The third kappa shape index (κ3) is 2.56. The van der Waals surface area contributed by atoms with Crippen LogP contribution in [-0.2, 0) is 17.8 Å². The average molecular weight is 263 g/mol. The van der Waals surface area contributed by atoms with Crippen molar-refractivity contribution in [2.45, 2.75) is 58.0 Å². The number of ketones is 1. The number of aromatic nitrogens is 2. The van der Waals surface area contributed by atoms with Crippen LogP contribution >= 0.6 is 0 Å². The molecule has 104 valence electrons. The summed E-state index contributed by atoms with van der Waals surface area (Å²) in [6, 6.07) is 0.401. The van der Waals surface area contributed by atoms with E-state index in [1.165, 1.54) is 6.42 Å². The van der Waals surface area contributed by atoms with E-state index in [2.05, 4.69) is 15.0 Å². The number of rotatable bonds is 4. The quantitative estimate of drug-likeness (QED) is 0.831. The molecule has 19 heavy (non-hydrogen) atoms. The maximum absolute atomic E-state index is 11.9. The molecule has 0 radical (unpaired) electrons. The predicted molar refractivity (Wildman–Crippen MR) is 69.5 cm³/mol. The summed E-state index contributed by atoms with van der Waals surface area (Å²) in [5.74, 6) is 2.16. The van der Waals surface area contributed by atoms with Gasteiger partial charge in [0.05, 0.1) is 6.54 Å². The normalized spacial score (nSPS) is 28.4. The Balaban J connectivity index is 1.67. The van der Waals surface area contributed by atoms with Gasteiger partial charge in [0.15, 0.2) is 5.82 Å². The molecule has 0 amide bonds. The molecule has 0 bridgehead atoms. The van der Waals surface area contributed by atoms with Crippen LogP contribution in [0.2, 0.25) is 0 Å². The first-order chi connectivity index (χ1) is 9.28. The Morgan fingerprint density at radius 3 is 2.95 bits per heavy atom. The molecule has 1 aromatic heterocycles. The molecule has 5 heteroatoms. The zero-order valence-corrected chi connectivity index (χ0v) is 11.5. The van der Waals surface area contributed by atoms with Gasteiger partial charge < -0.3 is 4.52 Å². The third-order valence-electron chi connectivity index (χ3n) is 4.39. The molecule has 1 aliphatic heterocycles. The summed E-state index contributed by atoms with van der Waals surface area (Å²) >= 11 is 0. The minimum absolute atomic E-state index is 0.250. The van der Waals surface area contributed by atoms with Crippen molar-refractivity contribution < 1.29 is 9.32 Å². The van der Waals surface area contributed by atoms with Gasteiger partial charge in [0.1, 0.15) is 5.78 Å². The molecule has 2 unspecified atom stereocenters. The van der Waals surface area contributed by atoms with Crippen LogP contribution in [-0.4, -0.2) is 33.4 Å². The van der Waals surface area contributed by atoms with Gasteiger partial charge in [0.2, 0.25) is 5.89 Å². The first-order valence-electron chi connectivity index (χ1n) is 7.36. The molecule has 0 spiro atoms. The molecule has 1 aromatic rings. The van der Waals surface area contributed by atoms with Crippen molar-refractivity contribution in [3.05, 3.63) is 11.7 Å². The van der Waals surface area contributed by atoms with Crippen LogP contribution in [0.5, 0.6) is 0 Å². The molecule has 2 aliphatic rings. The van der Waals surface area contributed by atoms with Gasteiger partial charge in [-0.3, -0.25) is 9.69 Å². The Labute approximate surface area is 113 Å². The number of nitrogens with zero attached hydrogens (tertiary/aromatic N) is 3. The van der Waals surface area contributed by atoms with Crippen LogP contribution in [0.25, 0.3) is 0 Å². The van der Waals surface area contributed by atoms with Crippen LogP contribution in [0.15, 0.2) is 4.52 Å². The average Bonchev–Trinajstić information content (AvgIpc) is 3.10. The van der Waals surface area contributed by atoms with Crippen molar-refractivity contribution in [3.63, 3.8) is 0 Å². The zero-order valence-electron chi connectivity index (χ0n) is 11.5. The SMILES string of the molecule is CCc1nc(CN2CCCC2C2CCCC2=O)no1. The first kappa shape index (κ1) is 12.8. The van der Waals surface area contributed by atoms with Crippen molar-refractivity contribution in [2.24, 2.45) is 5.92 Å². The molecule has 3 rings (SSSR count). The van der Waals surface area contributed by atoms with E-state index < -0.39 is 0 Å². The number of carbonyl (C=O) groups is 1. The van der Waals surface area contributed by atoms with E-state index in [0.717, 1.165) is 51.0 Å². The van der Waals surface area contributed by atoms with Gasteiger partial charge in [0, 0.05) is 24.8 Å². The molecular formula is C14H21N3O2. The van der Waals surface area contributed by atoms with E-state index in [9.17, 15) is 4.79 Å². The number of aryl methyl sites for hydroxylation is 1. The van der Waals surface area contributed by atoms with Crippen molar-refractivity contribution >= 4 is 5.78 Å². The predicted octanol–water partition coefficient (Wildman–Crippen LogP) is 1.97. The molecule has 2 atom stereocenters. The zero-order chi connectivity index (χ0) is 13.2. The minimum Gasteiger partial charge on any atom is -0.339 e. The molecule has 1 saturated heterocycles. The summed E-state index contributed by atoms with van der Waals surface area (Å²) in [5.41, 5.74) is 0. The second-order valence-electron chi connectivity index (χ2n) is 5.60. The number of likely N-dealkylation sites (tertiary alicyclic amines) is 1. The summed E-state index contributed by atoms with van der Waals surface area (Å²) in [5, 5.41) is 4.02. The molecule has 1 saturated carbocycles. The van der Waals surface area contributed by atoms with Gasteiger partial charge in [-0.05, 0) is 32.2 Å². The van der Waals surface area contributed by atoms with Crippen molar-refractivity contribution in [1.82, 2.24) is 15.0 Å². The number of hydrogen-bond acceptors (Lipinski definition) is 5. The Morgan fingerprint density at radius 1 is 1.37 bits per heavy atom. The van der Waals surface area contributed by atoms with Gasteiger partial charge >= 0.3 is 0 Å². The van der Waals surface area contributed by atoms with Crippen LogP contribution in [0.4, 0.5) is 0 Å². The topological polar surface area (TPSA) is 59.2 Å². The Bertz CT molecular complexity index is 457. The molecule has 0 N–H and O–H groups in total. The van der Waals surface area contributed by atoms with E-state index in [1.54, 1.807) is 0 Å². The number of hydrogen-bond donors (Lipinski definition) is 0. The Morgan fingerprint density at radius 2 is 2.26 bits per heavy atom.